The van der Waals surface area contributed by atoms with Gasteiger partial charge in [0.15, 0.2) is 0 Å². The zero-order valence-corrected chi connectivity index (χ0v) is 8.79. The molecule has 1 unspecified atom stereocenters. The summed E-state index contributed by atoms with van der Waals surface area (Å²) < 4.78 is 5.38. The Morgan fingerprint density at radius 1 is 1.50 bits per heavy atom. The van der Waals surface area contributed by atoms with Gasteiger partial charge < -0.3 is 15.8 Å². The van der Waals surface area contributed by atoms with E-state index in [4.69, 9.17) is 10.5 Å². The number of nitrogens with two attached hydrogens (primary N) is 1. The van der Waals surface area contributed by atoms with Gasteiger partial charge >= 0.3 is 0 Å². The van der Waals surface area contributed by atoms with Gasteiger partial charge in [-0.3, -0.25) is 0 Å². The predicted molar refractivity (Wildman–Crippen MR) is 59.8 cm³/mol. The van der Waals surface area contributed by atoms with E-state index in [1.807, 2.05) is 38.1 Å². The number of ether oxygens (including phenoxy) is 1. The summed E-state index contributed by atoms with van der Waals surface area (Å²) in [6, 6.07) is 8.05. The van der Waals surface area contributed by atoms with E-state index in [1.54, 1.807) is 0 Å². The first-order valence-electron chi connectivity index (χ1n) is 4.94. The molecule has 0 fully saturated rings. The molecule has 0 saturated carbocycles. The minimum absolute atomic E-state index is 0.158. The normalized spacial score (nSPS) is 12.2. The quantitative estimate of drug-likeness (QED) is 0.752. The molecule has 1 aromatic carbocycles. The largest absolute Gasteiger partial charge is 0.494 e. The van der Waals surface area contributed by atoms with Crippen molar-refractivity contribution in [3.8, 4) is 5.75 Å². The van der Waals surface area contributed by atoms with E-state index in [0.29, 0.717) is 6.61 Å². The molecule has 1 aromatic rings. The second-order valence-electron chi connectivity index (χ2n) is 3.32. The van der Waals surface area contributed by atoms with Gasteiger partial charge in [0.05, 0.1) is 6.61 Å². The van der Waals surface area contributed by atoms with Crippen molar-refractivity contribution >= 4 is 5.69 Å². The molecule has 1 rings (SSSR count). The second-order valence-corrected chi connectivity index (χ2v) is 3.32. The van der Waals surface area contributed by atoms with E-state index < -0.39 is 0 Å². The molecular weight excluding hydrogens is 176 g/mol. The summed E-state index contributed by atoms with van der Waals surface area (Å²) in [7, 11) is 0. The number of benzene rings is 1. The Bertz CT molecular complexity index is 274. The molecule has 0 aromatic heterocycles. The third kappa shape index (κ3) is 3.66. The van der Waals surface area contributed by atoms with Gasteiger partial charge in [-0.2, -0.15) is 0 Å². The fourth-order valence-corrected chi connectivity index (χ4v) is 1.14. The summed E-state index contributed by atoms with van der Waals surface area (Å²) in [5.41, 5.74) is 6.69. The van der Waals surface area contributed by atoms with Crippen LogP contribution in [0.4, 0.5) is 5.69 Å². The molecule has 1 atom stereocenters. The van der Waals surface area contributed by atoms with Crippen molar-refractivity contribution in [3.05, 3.63) is 24.3 Å². The molecule has 14 heavy (non-hydrogen) atoms. The maximum Gasteiger partial charge on any atom is 0.121 e. The molecule has 0 amide bonds. The minimum Gasteiger partial charge on any atom is -0.494 e. The third-order valence-electron chi connectivity index (χ3n) is 1.77. The average molecular weight is 194 g/mol. The Morgan fingerprint density at radius 2 is 2.29 bits per heavy atom. The lowest BCUT2D eigenvalue weighted by Crippen LogP contribution is -2.25. The predicted octanol–water partition coefficient (Wildman–Crippen LogP) is 1.84. The van der Waals surface area contributed by atoms with E-state index in [2.05, 4.69) is 5.32 Å². The summed E-state index contributed by atoms with van der Waals surface area (Å²) in [6.45, 7) is 5.41. The van der Waals surface area contributed by atoms with Crippen molar-refractivity contribution in [3.63, 3.8) is 0 Å². The molecule has 78 valence electrons. The molecule has 0 aliphatic carbocycles. The zero-order valence-electron chi connectivity index (χ0n) is 8.79. The summed E-state index contributed by atoms with van der Waals surface area (Å²) in [6.07, 6.45) is 0. The fourth-order valence-electron chi connectivity index (χ4n) is 1.14. The molecule has 0 bridgehead atoms. The van der Waals surface area contributed by atoms with Gasteiger partial charge in [0.2, 0.25) is 0 Å². The van der Waals surface area contributed by atoms with Crippen LogP contribution in [0, 0.1) is 0 Å². The first kappa shape index (κ1) is 10.9. The summed E-state index contributed by atoms with van der Waals surface area (Å²) in [5.74, 6) is 0.891. The number of anilines is 1. The van der Waals surface area contributed by atoms with Gasteiger partial charge in [-0.15, -0.1) is 0 Å². The lowest BCUT2D eigenvalue weighted by Gasteiger charge is -2.10. The first-order valence-corrected chi connectivity index (χ1v) is 4.94. The standard InChI is InChI=1S/C11H18N2O/c1-3-14-11-6-4-5-10(7-11)13-8-9(2)12/h4-7,9,13H,3,8,12H2,1-2H3. The van der Waals surface area contributed by atoms with Crippen LogP contribution in [-0.4, -0.2) is 19.2 Å². The van der Waals surface area contributed by atoms with Gasteiger partial charge in [0, 0.05) is 24.3 Å². The van der Waals surface area contributed by atoms with Crippen LogP contribution < -0.4 is 15.8 Å². The lowest BCUT2D eigenvalue weighted by atomic mass is 10.3. The van der Waals surface area contributed by atoms with Crippen LogP contribution in [0.15, 0.2) is 24.3 Å². The molecule has 3 heteroatoms. The molecule has 3 nitrogen and oxygen atoms in total. The van der Waals surface area contributed by atoms with E-state index in [9.17, 15) is 0 Å². The Morgan fingerprint density at radius 3 is 2.93 bits per heavy atom. The van der Waals surface area contributed by atoms with E-state index >= 15 is 0 Å². The van der Waals surface area contributed by atoms with Crippen molar-refractivity contribution in [1.29, 1.82) is 0 Å². The number of nitrogens with one attached hydrogen (secondary N) is 1. The molecule has 0 aliphatic rings. The Kier molecular flexibility index (Phi) is 4.26. The highest BCUT2D eigenvalue weighted by Gasteiger charge is 1.97. The topological polar surface area (TPSA) is 47.3 Å². The van der Waals surface area contributed by atoms with Crippen LogP contribution in [-0.2, 0) is 0 Å². The van der Waals surface area contributed by atoms with Crippen molar-refractivity contribution in [1.82, 2.24) is 0 Å². The highest BCUT2D eigenvalue weighted by atomic mass is 16.5. The Balaban J connectivity index is 2.54. The summed E-state index contributed by atoms with van der Waals surface area (Å²) >= 11 is 0. The molecular formula is C11H18N2O. The van der Waals surface area contributed by atoms with Crippen LogP contribution in [0.1, 0.15) is 13.8 Å². The summed E-state index contributed by atoms with van der Waals surface area (Å²) in [4.78, 5) is 0. The van der Waals surface area contributed by atoms with Crippen LogP contribution in [0.5, 0.6) is 5.75 Å². The average Bonchev–Trinajstić information content (AvgIpc) is 2.16. The highest BCUT2D eigenvalue weighted by Crippen LogP contribution is 2.16. The van der Waals surface area contributed by atoms with Crippen LogP contribution in [0.3, 0.4) is 0 Å². The number of hydrogen-bond acceptors (Lipinski definition) is 3. The monoisotopic (exact) mass is 194 g/mol. The molecule has 0 aliphatic heterocycles. The fraction of sp³-hybridized carbons (Fsp3) is 0.455. The summed E-state index contributed by atoms with van der Waals surface area (Å²) in [5, 5.41) is 3.24. The van der Waals surface area contributed by atoms with E-state index in [0.717, 1.165) is 18.0 Å². The lowest BCUT2D eigenvalue weighted by molar-refractivity contribution is 0.340. The SMILES string of the molecule is CCOc1cccc(NCC(C)N)c1. The highest BCUT2D eigenvalue weighted by molar-refractivity contribution is 5.48. The number of hydrogen-bond donors (Lipinski definition) is 2. The third-order valence-corrected chi connectivity index (χ3v) is 1.77. The van der Waals surface area contributed by atoms with Gasteiger partial charge in [-0.1, -0.05) is 6.07 Å². The Hall–Kier alpha value is -1.22. The smallest absolute Gasteiger partial charge is 0.121 e. The van der Waals surface area contributed by atoms with Crippen LogP contribution in [0.2, 0.25) is 0 Å². The van der Waals surface area contributed by atoms with Crippen LogP contribution >= 0.6 is 0 Å². The maximum atomic E-state index is 5.64. The van der Waals surface area contributed by atoms with Gasteiger partial charge in [-0.05, 0) is 26.0 Å². The molecule has 0 radical (unpaired) electrons. The van der Waals surface area contributed by atoms with Gasteiger partial charge in [0.1, 0.15) is 5.75 Å². The molecule has 0 spiro atoms. The van der Waals surface area contributed by atoms with Gasteiger partial charge in [0.25, 0.3) is 0 Å². The van der Waals surface area contributed by atoms with E-state index in [-0.39, 0.29) is 6.04 Å². The first-order chi connectivity index (χ1) is 6.72. The second kappa shape index (κ2) is 5.50. The van der Waals surface area contributed by atoms with E-state index in [1.165, 1.54) is 0 Å². The van der Waals surface area contributed by atoms with Crippen molar-refractivity contribution in [2.24, 2.45) is 5.73 Å². The van der Waals surface area contributed by atoms with Crippen molar-refractivity contribution in [2.75, 3.05) is 18.5 Å². The number of rotatable bonds is 5. The van der Waals surface area contributed by atoms with Gasteiger partial charge in [-0.25, -0.2) is 0 Å². The van der Waals surface area contributed by atoms with Crippen molar-refractivity contribution in [2.45, 2.75) is 19.9 Å². The molecule has 0 heterocycles. The Labute approximate surface area is 85.3 Å². The molecule has 0 saturated heterocycles. The minimum atomic E-state index is 0.158. The van der Waals surface area contributed by atoms with Crippen LogP contribution in [0.25, 0.3) is 0 Å². The zero-order chi connectivity index (χ0) is 10.4. The van der Waals surface area contributed by atoms with Crippen molar-refractivity contribution < 1.29 is 4.74 Å². The maximum absolute atomic E-state index is 5.64. The molecule has 3 N–H and O–H groups in total.